The molecule has 0 aromatic carbocycles. The van der Waals surface area contributed by atoms with Crippen LogP contribution < -0.4 is 10.6 Å². The van der Waals surface area contributed by atoms with Crippen molar-refractivity contribution in [2.75, 3.05) is 19.8 Å². The average molecular weight is 258 g/mol. The molecular formula is C13H26N2O3. The molecule has 1 aliphatic rings. The van der Waals surface area contributed by atoms with E-state index in [9.17, 15) is 4.79 Å². The molecule has 0 spiro atoms. The molecule has 0 aliphatic heterocycles. The summed E-state index contributed by atoms with van der Waals surface area (Å²) < 4.78 is 10.7. The number of rotatable bonds is 7. The summed E-state index contributed by atoms with van der Waals surface area (Å²) >= 11 is 0. The van der Waals surface area contributed by atoms with Gasteiger partial charge in [0.25, 0.3) is 0 Å². The van der Waals surface area contributed by atoms with Crippen LogP contribution in [-0.2, 0) is 9.47 Å². The first-order valence-corrected chi connectivity index (χ1v) is 7.03. The molecule has 0 bridgehead atoms. The van der Waals surface area contributed by atoms with Crippen LogP contribution in [0.15, 0.2) is 0 Å². The smallest absolute Gasteiger partial charge is 0.315 e. The maximum absolute atomic E-state index is 11.7. The number of urea groups is 1. The van der Waals surface area contributed by atoms with Crippen molar-refractivity contribution in [1.29, 1.82) is 0 Å². The third-order valence-electron chi connectivity index (χ3n) is 3.07. The van der Waals surface area contributed by atoms with Gasteiger partial charge in [0.05, 0.1) is 6.54 Å². The lowest BCUT2D eigenvalue weighted by Crippen LogP contribution is -2.45. The van der Waals surface area contributed by atoms with Crippen molar-refractivity contribution in [1.82, 2.24) is 10.6 Å². The average Bonchev–Trinajstić information content (AvgIpc) is 2.38. The van der Waals surface area contributed by atoms with E-state index in [0.29, 0.717) is 25.8 Å². The standard InChI is InChI=1S/C13H26N2O3/c1-3-17-12(18-4-2)10-14-13(16)15-11-8-6-5-7-9-11/h11-12H,3-10H2,1-2H3,(H2,14,15,16). The van der Waals surface area contributed by atoms with Crippen LogP contribution in [-0.4, -0.2) is 38.1 Å². The monoisotopic (exact) mass is 258 g/mol. The molecule has 1 saturated carbocycles. The van der Waals surface area contributed by atoms with Crippen molar-refractivity contribution < 1.29 is 14.3 Å². The number of hydrogen-bond donors (Lipinski definition) is 2. The lowest BCUT2D eigenvalue weighted by atomic mass is 9.96. The summed E-state index contributed by atoms with van der Waals surface area (Å²) in [5.74, 6) is 0. The molecule has 0 atom stereocenters. The van der Waals surface area contributed by atoms with Crippen molar-refractivity contribution in [2.45, 2.75) is 58.3 Å². The van der Waals surface area contributed by atoms with Gasteiger partial charge in [-0.3, -0.25) is 0 Å². The molecule has 0 saturated heterocycles. The minimum absolute atomic E-state index is 0.119. The van der Waals surface area contributed by atoms with E-state index in [1.165, 1.54) is 19.3 Å². The zero-order valence-corrected chi connectivity index (χ0v) is 11.5. The molecule has 0 unspecified atom stereocenters. The summed E-state index contributed by atoms with van der Waals surface area (Å²) in [6.07, 6.45) is 5.55. The molecule has 2 amide bonds. The Bertz CT molecular complexity index is 224. The fourth-order valence-electron chi connectivity index (χ4n) is 2.20. The van der Waals surface area contributed by atoms with Crippen LogP contribution in [0.3, 0.4) is 0 Å². The predicted molar refractivity (Wildman–Crippen MR) is 70.4 cm³/mol. The van der Waals surface area contributed by atoms with E-state index in [1.54, 1.807) is 0 Å². The number of hydrogen-bond acceptors (Lipinski definition) is 3. The van der Waals surface area contributed by atoms with Crippen LogP contribution in [0.1, 0.15) is 46.0 Å². The number of carbonyl (C=O) groups excluding carboxylic acids is 1. The van der Waals surface area contributed by atoms with Crippen molar-refractivity contribution in [2.24, 2.45) is 0 Å². The highest BCUT2D eigenvalue weighted by molar-refractivity contribution is 5.74. The second kappa shape index (κ2) is 9.16. The fraction of sp³-hybridized carbons (Fsp3) is 0.923. The van der Waals surface area contributed by atoms with Gasteiger partial charge in [-0.1, -0.05) is 19.3 Å². The number of amides is 2. The Balaban J connectivity index is 2.17. The molecule has 1 aliphatic carbocycles. The summed E-state index contributed by atoms with van der Waals surface area (Å²) in [5, 5.41) is 5.80. The van der Waals surface area contributed by atoms with E-state index in [0.717, 1.165) is 12.8 Å². The minimum Gasteiger partial charge on any atom is -0.351 e. The highest BCUT2D eigenvalue weighted by Crippen LogP contribution is 2.17. The van der Waals surface area contributed by atoms with Crippen LogP contribution in [0.4, 0.5) is 4.79 Å². The van der Waals surface area contributed by atoms with Crippen LogP contribution in [0.5, 0.6) is 0 Å². The Labute approximate surface area is 110 Å². The largest absolute Gasteiger partial charge is 0.351 e. The summed E-state index contributed by atoms with van der Waals surface area (Å²) in [4.78, 5) is 11.7. The van der Waals surface area contributed by atoms with Crippen molar-refractivity contribution in [3.63, 3.8) is 0 Å². The SMILES string of the molecule is CCOC(CNC(=O)NC1CCCCC1)OCC. The second-order valence-electron chi connectivity index (χ2n) is 4.53. The molecule has 5 heteroatoms. The van der Waals surface area contributed by atoms with Crippen LogP contribution >= 0.6 is 0 Å². The molecule has 1 rings (SSSR count). The van der Waals surface area contributed by atoms with E-state index in [2.05, 4.69) is 10.6 Å². The van der Waals surface area contributed by atoms with Crippen molar-refractivity contribution in [3.05, 3.63) is 0 Å². The van der Waals surface area contributed by atoms with E-state index < -0.39 is 0 Å². The topological polar surface area (TPSA) is 59.6 Å². The Hall–Kier alpha value is -0.810. The molecule has 1 fully saturated rings. The third-order valence-corrected chi connectivity index (χ3v) is 3.07. The number of carbonyl (C=O) groups is 1. The van der Waals surface area contributed by atoms with Crippen LogP contribution in [0.25, 0.3) is 0 Å². The first kappa shape index (κ1) is 15.2. The van der Waals surface area contributed by atoms with Gasteiger partial charge < -0.3 is 20.1 Å². The van der Waals surface area contributed by atoms with Gasteiger partial charge in [0.1, 0.15) is 0 Å². The van der Waals surface area contributed by atoms with Gasteiger partial charge in [0.15, 0.2) is 6.29 Å². The fourth-order valence-corrected chi connectivity index (χ4v) is 2.20. The van der Waals surface area contributed by atoms with Crippen molar-refractivity contribution in [3.8, 4) is 0 Å². The lowest BCUT2D eigenvalue weighted by Gasteiger charge is -2.23. The van der Waals surface area contributed by atoms with Gasteiger partial charge in [-0.05, 0) is 26.7 Å². The molecule has 2 N–H and O–H groups in total. The molecule has 0 aromatic rings. The first-order chi connectivity index (χ1) is 8.76. The normalized spacial score (nSPS) is 16.8. The van der Waals surface area contributed by atoms with E-state index in [-0.39, 0.29) is 12.3 Å². The minimum atomic E-state index is -0.350. The van der Waals surface area contributed by atoms with Gasteiger partial charge in [0, 0.05) is 19.3 Å². The second-order valence-corrected chi connectivity index (χ2v) is 4.53. The van der Waals surface area contributed by atoms with Gasteiger partial charge >= 0.3 is 6.03 Å². The van der Waals surface area contributed by atoms with E-state index in [1.807, 2.05) is 13.8 Å². The Morgan fingerprint density at radius 2 is 1.78 bits per heavy atom. The summed E-state index contributed by atoms with van der Waals surface area (Å²) in [6, 6.07) is 0.211. The molecule has 0 radical (unpaired) electrons. The molecule has 18 heavy (non-hydrogen) atoms. The summed E-state index contributed by atoms with van der Waals surface area (Å²) in [5.41, 5.74) is 0. The highest BCUT2D eigenvalue weighted by atomic mass is 16.7. The highest BCUT2D eigenvalue weighted by Gasteiger charge is 2.16. The van der Waals surface area contributed by atoms with Crippen molar-refractivity contribution >= 4 is 6.03 Å². The Kier molecular flexibility index (Phi) is 7.76. The molecule has 106 valence electrons. The molecule has 0 heterocycles. The number of ether oxygens (including phenoxy) is 2. The molecule has 0 aromatic heterocycles. The van der Waals surface area contributed by atoms with E-state index in [4.69, 9.17) is 9.47 Å². The zero-order valence-electron chi connectivity index (χ0n) is 11.5. The summed E-state index contributed by atoms with van der Waals surface area (Å²) in [7, 11) is 0. The predicted octanol–water partition coefficient (Wildman–Crippen LogP) is 2.02. The Morgan fingerprint density at radius 3 is 2.33 bits per heavy atom. The zero-order chi connectivity index (χ0) is 13.2. The number of nitrogens with one attached hydrogen (secondary N) is 2. The summed E-state index contributed by atoms with van der Waals surface area (Å²) in [6.45, 7) is 5.37. The van der Waals surface area contributed by atoms with Gasteiger partial charge in [-0.15, -0.1) is 0 Å². The van der Waals surface area contributed by atoms with Crippen LogP contribution in [0, 0.1) is 0 Å². The van der Waals surface area contributed by atoms with Gasteiger partial charge in [0.2, 0.25) is 0 Å². The maximum Gasteiger partial charge on any atom is 0.315 e. The van der Waals surface area contributed by atoms with Gasteiger partial charge in [-0.2, -0.15) is 0 Å². The van der Waals surface area contributed by atoms with E-state index >= 15 is 0 Å². The molecule has 5 nitrogen and oxygen atoms in total. The van der Waals surface area contributed by atoms with Crippen LogP contribution in [0.2, 0.25) is 0 Å². The van der Waals surface area contributed by atoms with Gasteiger partial charge in [-0.25, -0.2) is 4.79 Å². The maximum atomic E-state index is 11.7. The first-order valence-electron chi connectivity index (χ1n) is 7.03. The Morgan fingerprint density at radius 1 is 1.17 bits per heavy atom. The molecular weight excluding hydrogens is 232 g/mol. The quantitative estimate of drug-likeness (QED) is 0.687. The lowest BCUT2D eigenvalue weighted by molar-refractivity contribution is -0.131. The third kappa shape index (κ3) is 6.21.